The van der Waals surface area contributed by atoms with Crippen molar-refractivity contribution in [2.75, 3.05) is 0 Å². The first-order valence-electron chi connectivity index (χ1n) is 4.16. The second kappa shape index (κ2) is 3.15. The molecule has 1 aromatic heterocycles. The van der Waals surface area contributed by atoms with Crippen LogP contribution in [-0.2, 0) is 5.54 Å². The molecule has 2 N–H and O–H groups in total. The van der Waals surface area contributed by atoms with Gasteiger partial charge in [-0.2, -0.15) is 0 Å². The van der Waals surface area contributed by atoms with Crippen molar-refractivity contribution >= 4 is 11.3 Å². The van der Waals surface area contributed by atoms with Crippen LogP contribution in [0.4, 0.5) is 0 Å². The molecule has 0 aliphatic heterocycles. The van der Waals surface area contributed by atoms with Crippen molar-refractivity contribution in [1.82, 2.24) is 4.98 Å². The second-order valence-corrected chi connectivity index (χ2v) is 5.00. The van der Waals surface area contributed by atoms with Crippen LogP contribution in [0.3, 0.4) is 0 Å². The topological polar surface area (TPSA) is 38.9 Å². The highest BCUT2D eigenvalue weighted by molar-refractivity contribution is 7.11. The van der Waals surface area contributed by atoms with E-state index in [4.69, 9.17) is 5.73 Å². The van der Waals surface area contributed by atoms with Crippen LogP contribution < -0.4 is 5.73 Å². The summed E-state index contributed by atoms with van der Waals surface area (Å²) in [7, 11) is 0. The van der Waals surface area contributed by atoms with Crippen molar-refractivity contribution in [2.45, 2.75) is 39.2 Å². The molecule has 2 nitrogen and oxygen atoms in total. The Labute approximate surface area is 77.8 Å². The van der Waals surface area contributed by atoms with Crippen LogP contribution in [0.15, 0.2) is 6.20 Å². The average Bonchev–Trinajstić information content (AvgIpc) is 2.30. The van der Waals surface area contributed by atoms with E-state index in [1.807, 2.05) is 20.0 Å². The molecule has 0 spiro atoms. The van der Waals surface area contributed by atoms with Crippen LogP contribution in [0.2, 0.25) is 0 Å². The van der Waals surface area contributed by atoms with Crippen LogP contribution in [0.1, 0.15) is 43.5 Å². The lowest BCUT2D eigenvalue weighted by molar-refractivity contribution is 0.566. The molecule has 1 rings (SSSR count). The normalized spacial score (nSPS) is 12.5. The summed E-state index contributed by atoms with van der Waals surface area (Å²) in [5.41, 5.74) is 5.70. The van der Waals surface area contributed by atoms with E-state index in [-0.39, 0.29) is 5.54 Å². The standard InChI is InChI=1S/C9H16N2S/c1-6(2)8-11-5-7(12-8)9(3,4)10/h5-6H,10H2,1-4H3. The van der Waals surface area contributed by atoms with E-state index in [9.17, 15) is 0 Å². The molecule has 68 valence electrons. The zero-order chi connectivity index (χ0) is 9.35. The van der Waals surface area contributed by atoms with Gasteiger partial charge in [-0.3, -0.25) is 0 Å². The van der Waals surface area contributed by atoms with Gasteiger partial charge in [0, 0.05) is 22.5 Å². The lowest BCUT2D eigenvalue weighted by atomic mass is 10.1. The Balaban J connectivity index is 2.92. The molecule has 3 heteroatoms. The fourth-order valence-corrected chi connectivity index (χ4v) is 1.79. The average molecular weight is 184 g/mol. The molecular weight excluding hydrogens is 168 g/mol. The summed E-state index contributed by atoms with van der Waals surface area (Å²) in [5.74, 6) is 0.506. The number of aromatic nitrogens is 1. The highest BCUT2D eigenvalue weighted by atomic mass is 32.1. The molecule has 0 saturated carbocycles. The minimum absolute atomic E-state index is 0.245. The smallest absolute Gasteiger partial charge is 0.0953 e. The zero-order valence-corrected chi connectivity index (χ0v) is 8.90. The minimum atomic E-state index is -0.245. The first-order valence-corrected chi connectivity index (χ1v) is 4.98. The van der Waals surface area contributed by atoms with E-state index in [1.165, 1.54) is 5.01 Å². The second-order valence-electron chi connectivity index (χ2n) is 3.94. The lowest BCUT2D eigenvalue weighted by Gasteiger charge is -2.14. The molecule has 1 aromatic rings. The van der Waals surface area contributed by atoms with E-state index in [2.05, 4.69) is 18.8 Å². The third-order valence-corrected chi connectivity index (χ3v) is 3.29. The van der Waals surface area contributed by atoms with Crippen molar-refractivity contribution in [3.63, 3.8) is 0 Å². The molecule has 1 heterocycles. The van der Waals surface area contributed by atoms with Gasteiger partial charge in [-0.1, -0.05) is 13.8 Å². The summed E-state index contributed by atoms with van der Waals surface area (Å²) in [6, 6.07) is 0. The first kappa shape index (κ1) is 9.68. The molecule has 12 heavy (non-hydrogen) atoms. The third-order valence-electron chi connectivity index (χ3n) is 1.65. The van der Waals surface area contributed by atoms with Crippen LogP contribution in [-0.4, -0.2) is 4.98 Å². The van der Waals surface area contributed by atoms with Crippen LogP contribution in [0, 0.1) is 0 Å². The number of rotatable bonds is 2. The highest BCUT2D eigenvalue weighted by Crippen LogP contribution is 2.27. The molecular formula is C9H16N2S. The predicted octanol–water partition coefficient (Wildman–Crippen LogP) is 2.46. The van der Waals surface area contributed by atoms with E-state index in [0.29, 0.717) is 5.92 Å². The molecule has 0 saturated heterocycles. The van der Waals surface area contributed by atoms with Crippen LogP contribution in [0.25, 0.3) is 0 Å². The number of hydrogen-bond acceptors (Lipinski definition) is 3. The van der Waals surface area contributed by atoms with E-state index < -0.39 is 0 Å². The van der Waals surface area contributed by atoms with Gasteiger partial charge in [-0.15, -0.1) is 11.3 Å². The largest absolute Gasteiger partial charge is 0.321 e. The van der Waals surface area contributed by atoms with Crippen molar-refractivity contribution in [2.24, 2.45) is 5.73 Å². The molecule has 0 radical (unpaired) electrons. The summed E-state index contributed by atoms with van der Waals surface area (Å²) in [5, 5.41) is 1.17. The summed E-state index contributed by atoms with van der Waals surface area (Å²) in [6.07, 6.45) is 1.89. The Kier molecular flexibility index (Phi) is 2.54. The molecule has 0 aromatic carbocycles. The molecule has 0 aliphatic carbocycles. The van der Waals surface area contributed by atoms with Gasteiger partial charge in [-0.05, 0) is 13.8 Å². The number of nitrogens with two attached hydrogens (primary N) is 1. The maximum atomic E-state index is 5.94. The lowest BCUT2D eigenvalue weighted by Crippen LogP contribution is -2.27. The van der Waals surface area contributed by atoms with E-state index in [1.54, 1.807) is 11.3 Å². The van der Waals surface area contributed by atoms with Crippen molar-refractivity contribution in [3.8, 4) is 0 Å². The molecule has 0 atom stereocenters. The van der Waals surface area contributed by atoms with Gasteiger partial charge in [0.05, 0.1) is 5.01 Å². The van der Waals surface area contributed by atoms with Crippen molar-refractivity contribution in [1.29, 1.82) is 0 Å². The minimum Gasteiger partial charge on any atom is -0.321 e. The molecule has 0 unspecified atom stereocenters. The number of hydrogen-bond donors (Lipinski definition) is 1. The SMILES string of the molecule is CC(C)c1ncc(C(C)(C)N)s1. The van der Waals surface area contributed by atoms with Gasteiger partial charge in [-0.25, -0.2) is 4.98 Å². The van der Waals surface area contributed by atoms with Gasteiger partial charge >= 0.3 is 0 Å². The van der Waals surface area contributed by atoms with Gasteiger partial charge in [0.25, 0.3) is 0 Å². The van der Waals surface area contributed by atoms with Crippen LogP contribution >= 0.6 is 11.3 Å². The fraction of sp³-hybridized carbons (Fsp3) is 0.667. The fourth-order valence-electron chi connectivity index (χ4n) is 0.852. The quantitative estimate of drug-likeness (QED) is 0.766. The summed E-state index contributed by atoms with van der Waals surface area (Å²) >= 11 is 1.71. The third kappa shape index (κ3) is 2.05. The Morgan fingerprint density at radius 2 is 2.08 bits per heavy atom. The Morgan fingerprint density at radius 3 is 2.33 bits per heavy atom. The Hall–Kier alpha value is -0.410. The van der Waals surface area contributed by atoms with E-state index >= 15 is 0 Å². The van der Waals surface area contributed by atoms with Crippen molar-refractivity contribution < 1.29 is 0 Å². The maximum absolute atomic E-state index is 5.94. The summed E-state index contributed by atoms with van der Waals surface area (Å²) in [6.45, 7) is 8.30. The Bertz CT molecular complexity index is 258. The highest BCUT2D eigenvalue weighted by Gasteiger charge is 2.18. The maximum Gasteiger partial charge on any atom is 0.0953 e. The Morgan fingerprint density at radius 1 is 1.50 bits per heavy atom. The molecule has 0 fully saturated rings. The summed E-state index contributed by atoms with van der Waals surface area (Å²) < 4.78 is 0. The van der Waals surface area contributed by atoms with Crippen molar-refractivity contribution in [3.05, 3.63) is 16.1 Å². The van der Waals surface area contributed by atoms with Gasteiger partial charge in [0.1, 0.15) is 0 Å². The number of nitrogens with zero attached hydrogens (tertiary/aromatic N) is 1. The van der Waals surface area contributed by atoms with Gasteiger partial charge < -0.3 is 5.73 Å². The zero-order valence-electron chi connectivity index (χ0n) is 8.09. The van der Waals surface area contributed by atoms with E-state index in [0.717, 1.165) is 4.88 Å². The molecule has 0 amide bonds. The summed E-state index contributed by atoms with van der Waals surface area (Å²) in [4.78, 5) is 5.48. The van der Waals surface area contributed by atoms with Gasteiger partial charge in [0.15, 0.2) is 0 Å². The molecule has 0 bridgehead atoms. The van der Waals surface area contributed by atoms with Crippen LogP contribution in [0.5, 0.6) is 0 Å². The molecule has 0 aliphatic rings. The van der Waals surface area contributed by atoms with Gasteiger partial charge in [0.2, 0.25) is 0 Å². The number of thiazole rings is 1. The first-order chi connectivity index (χ1) is 5.41. The monoisotopic (exact) mass is 184 g/mol. The predicted molar refractivity (Wildman–Crippen MR) is 53.4 cm³/mol.